The molecule has 0 bridgehead atoms. The van der Waals surface area contributed by atoms with Crippen molar-refractivity contribution >= 4 is 34.1 Å². The highest BCUT2D eigenvalue weighted by Gasteiger charge is 2.14. The smallest absolute Gasteiger partial charge is 0.269 e. The van der Waals surface area contributed by atoms with Crippen molar-refractivity contribution < 1.29 is 4.92 Å². The summed E-state index contributed by atoms with van der Waals surface area (Å²) in [5.41, 5.74) is 9.08. The molecule has 0 aromatic heterocycles. The van der Waals surface area contributed by atoms with Gasteiger partial charge in [-0.05, 0) is 65.8 Å². The number of rotatable bonds is 5. The van der Waals surface area contributed by atoms with Gasteiger partial charge in [0.25, 0.3) is 5.69 Å². The number of nitrogen functional groups attached to an aromatic ring is 1. The molecular formula is C18H14N4O3. The third-order valence-corrected chi connectivity index (χ3v) is 3.68. The third-order valence-electron chi connectivity index (χ3n) is 3.68. The standard InChI is InChI=1S/C18H14N4O3/c19-13-1-5-15(6-2-13)21(16-7-3-14(20-23)4-8-16)17-9-11-18(12-10-17)22(24)25/h1-12H,19H2. The first kappa shape index (κ1) is 16.1. The van der Waals surface area contributed by atoms with Crippen molar-refractivity contribution in [3.8, 4) is 0 Å². The van der Waals surface area contributed by atoms with E-state index in [2.05, 4.69) is 5.18 Å². The molecule has 0 fully saturated rings. The molecule has 0 amide bonds. The molecule has 124 valence electrons. The van der Waals surface area contributed by atoms with E-state index in [-0.39, 0.29) is 5.69 Å². The van der Waals surface area contributed by atoms with Gasteiger partial charge in [0.15, 0.2) is 0 Å². The predicted molar refractivity (Wildman–Crippen MR) is 97.6 cm³/mol. The quantitative estimate of drug-likeness (QED) is 0.304. The maximum atomic E-state index is 10.9. The van der Waals surface area contributed by atoms with E-state index in [9.17, 15) is 15.0 Å². The van der Waals surface area contributed by atoms with E-state index in [1.807, 2.05) is 17.0 Å². The van der Waals surface area contributed by atoms with E-state index in [0.29, 0.717) is 11.4 Å². The second-order valence-electron chi connectivity index (χ2n) is 5.31. The number of nitrogens with zero attached hydrogens (tertiary/aromatic N) is 3. The van der Waals surface area contributed by atoms with Crippen LogP contribution in [0.15, 0.2) is 78.0 Å². The minimum Gasteiger partial charge on any atom is -0.399 e. The minimum absolute atomic E-state index is 0.0153. The number of nitroso groups, excluding NO2 is 1. The molecule has 3 aromatic rings. The van der Waals surface area contributed by atoms with Gasteiger partial charge >= 0.3 is 0 Å². The second kappa shape index (κ2) is 6.79. The molecule has 0 aliphatic carbocycles. The van der Waals surface area contributed by atoms with E-state index in [4.69, 9.17) is 5.73 Å². The topological polar surface area (TPSA) is 102 Å². The highest BCUT2D eigenvalue weighted by Crippen LogP contribution is 2.36. The molecule has 0 atom stereocenters. The number of hydrogen-bond donors (Lipinski definition) is 1. The summed E-state index contributed by atoms with van der Waals surface area (Å²) in [6.45, 7) is 0. The largest absolute Gasteiger partial charge is 0.399 e. The molecule has 2 N–H and O–H groups in total. The van der Waals surface area contributed by atoms with Crippen molar-refractivity contribution in [3.63, 3.8) is 0 Å². The maximum Gasteiger partial charge on any atom is 0.269 e. The van der Waals surface area contributed by atoms with Crippen LogP contribution in [0.1, 0.15) is 0 Å². The molecule has 0 radical (unpaired) electrons. The first-order valence-electron chi connectivity index (χ1n) is 7.42. The van der Waals surface area contributed by atoms with Crippen LogP contribution in [0, 0.1) is 15.0 Å². The third kappa shape index (κ3) is 3.45. The molecule has 0 heterocycles. The van der Waals surface area contributed by atoms with Gasteiger partial charge in [-0.2, -0.15) is 0 Å². The van der Waals surface area contributed by atoms with E-state index in [1.165, 1.54) is 12.1 Å². The molecule has 3 rings (SSSR count). The Hall–Kier alpha value is -3.74. The predicted octanol–water partition coefficient (Wildman–Crippen LogP) is 5.04. The lowest BCUT2D eigenvalue weighted by Gasteiger charge is -2.25. The molecule has 25 heavy (non-hydrogen) atoms. The number of hydrogen-bond acceptors (Lipinski definition) is 6. The van der Waals surface area contributed by atoms with E-state index in [1.54, 1.807) is 48.5 Å². The highest BCUT2D eigenvalue weighted by molar-refractivity contribution is 5.78. The van der Waals surface area contributed by atoms with Gasteiger partial charge in [-0.25, -0.2) is 0 Å². The van der Waals surface area contributed by atoms with Crippen molar-refractivity contribution in [2.75, 3.05) is 10.6 Å². The number of nitro groups is 1. The van der Waals surface area contributed by atoms with Crippen LogP contribution in [-0.2, 0) is 0 Å². The summed E-state index contributed by atoms with van der Waals surface area (Å²) in [7, 11) is 0. The molecule has 7 nitrogen and oxygen atoms in total. The fraction of sp³-hybridized carbons (Fsp3) is 0. The van der Waals surface area contributed by atoms with Crippen molar-refractivity contribution in [2.45, 2.75) is 0 Å². The number of non-ortho nitro benzene ring substituents is 1. The Morgan fingerprint density at radius 2 is 1.24 bits per heavy atom. The fourth-order valence-corrected chi connectivity index (χ4v) is 2.46. The van der Waals surface area contributed by atoms with Crippen molar-refractivity contribution in [2.24, 2.45) is 5.18 Å². The molecule has 0 unspecified atom stereocenters. The molecular weight excluding hydrogens is 320 g/mol. The Balaban J connectivity index is 2.08. The Morgan fingerprint density at radius 1 is 0.800 bits per heavy atom. The summed E-state index contributed by atoms with van der Waals surface area (Å²) >= 11 is 0. The van der Waals surface area contributed by atoms with Crippen molar-refractivity contribution in [3.05, 3.63) is 87.8 Å². The van der Waals surface area contributed by atoms with Crippen LogP contribution in [0.5, 0.6) is 0 Å². The molecule has 0 aliphatic heterocycles. The maximum absolute atomic E-state index is 10.9. The van der Waals surface area contributed by atoms with Gasteiger partial charge in [0.1, 0.15) is 5.69 Å². The zero-order valence-electron chi connectivity index (χ0n) is 13.1. The van der Waals surface area contributed by atoms with Gasteiger partial charge in [-0.3, -0.25) is 10.1 Å². The second-order valence-corrected chi connectivity index (χ2v) is 5.31. The summed E-state index contributed by atoms with van der Waals surface area (Å²) < 4.78 is 0. The molecule has 3 aromatic carbocycles. The van der Waals surface area contributed by atoms with E-state index < -0.39 is 4.92 Å². The molecule has 0 spiro atoms. The fourth-order valence-electron chi connectivity index (χ4n) is 2.46. The van der Waals surface area contributed by atoms with Gasteiger partial charge in [0, 0.05) is 34.9 Å². The molecule has 0 aliphatic rings. The van der Waals surface area contributed by atoms with Gasteiger partial charge in [-0.15, -0.1) is 4.91 Å². The molecule has 7 heteroatoms. The van der Waals surface area contributed by atoms with Crippen LogP contribution in [-0.4, -0.2) is 4.92 Å². The highest BCUT2D eigenvalue weighted by atomic mass is 16.6. The van der Waals surface area contributed by atoms with Gasteiger partial charge in [0.05, 0.1) is 4.92 Å². The van der Waals surface area contributed by atoms with Crippen LogP contribution in [0.3, 0.4) is 0 Å². The van der Waals surface area contributed by atoms with Gasteiger partial charge < -0.3 is 10.6 Å². The lowest BCUT2D eigenvalue weighted by Crippen LogP contribution is -2.09. The Morgan fingerprint density at radius 3 is 1.68 bits per heavy atom. The Bertz CT molecular complexity index is 891. The molecule has 0 saturated heterocycles. The van der Waals surface area contributed by atoms with Crippen molar-refractivity contribution in [1.29, 1.82) is 0 Å². The average molecular weight is 334 g/mol. The molecule has 0 saturated carbocycles. The van der Waals surface area contributed by atoms with Crippen molar-refractivity contribution in [1.82, 2.24) is 0 Å². The zero-order chi connectivity index (χ0) is 17.8. The number of benzene rings is 3. The van der Waals surface area contributed by atoms with E-state index >= 15 is 0 Å². The summed E-state index contributed by atoms with van der Waals surface area (Å²) in [6, 6.07) is 20.2. The monoisotopic (exact) mass is 334 g/mol. The Labute approximate surface area is 143 Å². The first-order chi connectivity index (χ1) is 12.1. The number of nitro benzene ring substituents is 1. The van der Waals surface area contributed by atoms with E-state index in [0.717, 1.165) is 17.1 Å². The van der Waals surface area contributed by atoms with Crippen LogP contribution >= 0.6 is 0 Å². The summed E-state index contributed by atoms with van der Waals surface area (Å²) in [5, 5.41) is 13.8. The average Bonchev–Trinajstić information content (AvgIpc) is 2.64. The zero-order valence-corrected chi connectivity index (χ0v) is 13.1. The van der Waals surface area contributed by atoms with Gasteiger partial charge in [0.2, 0.25) is 0 Å². The lowest BCUT2D eigenvalue weighted by atomic mass is 10.1. The summed E-state index contributed by atoms with van der Waals surface area (Å²) in [5.74, 6) is 0. The normalized spacial score (nSPS) is 10.2. The van der Waals surface area contributed by atoms with Crippen LogP contribution in [0.4, 0.5) is 34.1 Å². The first-order valence-corrected chi connectivity index (χ1v) is 7.42. The number of anilines is 4. The van der Waals surface area contributed by atoms with Crippen LogP contribution < -0.4 is 10.6 Å². The van der Waals surface area contributed by atoms with Crippen LogP contribution in [0.2, 0.25) is 0 Å². The lowest BCUT2D eigenvalue weighted by molar-refractivity contribution is -0.384. The number of nitrogens with two attached hydrogens (primary N) is 1. The summed E-state index contributed by atoms with van der Waals surface area (Å²) in [6.07, 6.45) is 0. The summed E-state index contributed by atoms with van der Waals surface area (Å²) in [4.78, 5) is 23.0. The minimum atomic E-state index is -0.443. The SMILES string of the molecule is Nc1ccc(N(c2ccc(N=O)cc2)c2ccc([N+](=O)[O-])cc2)cc1. The Kier molecular flexibility index (Phi) is 4.38. The van der Waals surface area contributed by atoms with Crippen LogP contribution in [0.25, 0.3) is 0 Å². The van der Waals surface area contributed by atoms with Gasteiger partial charge in [-0.1, -0.05) is 0 Å².